The molecule has 0 aliphatic carbocycles. The zero-order valence-electron chi connectivity index (χ0n) is 9.13. The molecule has 0 spiro atoms. The number of hydrogen-bond donors (Lipinski definition) is 1. The molecule has 0 radical (unpaired) electrons. The Morgan fingerprint density at radius 1 is 1.46 bits per heavy atom. The predicted octanol–water partition coefficient (Wildman–Crippen LogP) is 2.16. The quantitative estimate of drug-likeness (QED) is 0.719. The number of rotatable bonds is 5. The van der Waals surface area contributed by atoms with Gasteiger partial charge in [-0.2, -0.15) is 0 Å². The van der Waals surface area contributed by atoms with Gasteiger partial charge < -0.3 is 9.84 Å². The molecule has 3 heteroatoms. The van der Waals surface area contributed by atoms with Gasteiger partial charge in [0.05, 0.1) is 0 Å². The van der Waals surface area contributed by atoms with E-state index in [9.17, 15) is 4.79 Å². The molecule has 3 nitrogen and oxygen atoms in total. The van der Waals surface area contributed by atoms with Crippen molar-refractivity contribution < 1.29 is 14.6 Å². The first-order chi connectivity index (χ1) is 5.81. The summed E-state index contributed by atoms with van der Waals surface area (Å²) in [7, 11) is 1.45. The van der Waals surface area contributed by atoms with Crippen LogP contribution in [0.1, 0.15) is 34.1 Å². The number of hydrogen-bond acceptors (Lipinski definition) is 2. The van der Waals surface area contributed by atoms with E-state index in [1.165, 1.54) is 7.11 Å². The molecule has 0 heterocycles. The van der Waals surface area contributed by atoms with Crippen molar-refractivity contribution in [3.8, 4) is 0 Å². The van der Waals surface area contributed by atoms with Gasteiger partial charge >= 0.3 is 5.97 Å². The Morgan fingerprint density at radius 2 is 1.92 bits per heavy atom. The van der Waals surface area contributed by atoms with Crippen molar-refractivity contribution in [2.75, 3.05) is 7.11 Å². The van der Waals surface area contributed by atoms with Crippen LogP contribution in [0.15, 0.2) is 0 Å². The first-order valence-corrected chi connectivity index (χ1v) is 4.57. The van der Waals surface area contributed by atoms with Crippen molar-refractivity contribution in [3.63, 3.8) is 0 Å². The summed E-state index contributed by atoms with van der Waals surface area (Å²) in [6.07, 6.45) is 0.132. The van der Waals surface area contributed by atoms with Crippen molar-refractivity contribution in [1.82, 2.24) is 0 Å². The highest BCUT2D eigenvalue weighted by atomic mass is 16.5. The van der Waals surface area contributed by atoms with Crippen LogP contribution < -0.4 is 0 Å². The standard InChI is InChI=1S/C10H20O3/c1-7(2)6-10(3,4)8(13-5)9(11)12/h7-8H,6H2,1-5H3,(H,11,12). The fourth-order valence-electron chi connectivity index (χ4n) is 1.91. The van der Waals surface area contributed by atoms with Crippen LogP contribution in [-0.4, -0.2) is 24.3 Å². The molecule has 0 aromatic carbocycles. The molecule has 1 atom stereocenters. The summed E-state index contributed by atoms with van der Waals surface area (Å²) in [5.74, 6) is -0.403. The van der Waals surface area contributed by atoms with Gasteiger partial charge in [0.25, 0.3) is 0 Å². The molecular weight excluding hydrogens is 168 g/mol. The van der Waals surface area contributed by atoms with Gasteiger partial charge in [-0.15, -0.1) is 0 Å². The number of carbonyl (C=O) groups is 1. The van der Waals surface area contributed by atoms with Gasteiger partial charge in [0, 0.05) is 12.5 Å². The molecule has 0 rings (SSSR count). The summed E-state index contributed by atoms with van der Waals surface area (Å²) in [6.45, 7) is 8.01. The maximum atomic E-state index is 10.8. The number of ether oxygens (including phenoxy) is 1. The fourth-order valence-corrected chi connectivity index (χ4v) is 1.91. The summed E-state index contributed by atoms with van der Waals surface area (Å²) in [5.41, 5.74) is -0.311. The van der Waals surface area contributed by atoms with Crippen molar-refractivity contribution in [2.24, 2.45) is 11.3 Å². The van der Waals surface area contributed by atoms with Crippen LogP contribution in [0.5, 0.6) is 0 Å². The SMILES string of the molecule is COC(C(=O)O)C(C)(C)CC(C)C. The summed E-state index contributed by atoms with van der Waals surface area (Å²) in [4.78, 5) is 10.8. The van der Waals surface area contributed by atoms with Crippen LogP contribution in [0.3, 0.4) is 0 Å². The summed E-state index contributed by atoms with van der Waals surface area (Å²) < 4.78 is 4.98. The summed E-state index contributed by atoms with van der Waals surface area (Å²) in [6, 6.07) is 0. The second kappa shape index (κ2) is 4.61. The van der Waals surface area contributed by atoms with E-state index in [1.54, 1.807) is 0 Å². The first kappa shape index (κ1) is 12.4. The minimum Gasteiger partial charge on any atom is -0.479 e. The molecule has 0 aliphatic heterocycles. The lowest BCUT2D eigenvalue weighted by molar-refractivity contribution is -0.156. The van der Waals surface area contributed by atoms with Gasteiger partial charge in [-0.05, 0) is 12.3 Å². The van der Waals surface area contributed by atoms with Crippen molar-refractivity contribution in [1.29, 1.82) is 0 Å². The highest BCUT2D eigenvalue weighted by Crippen LogP contribution is 2.31. The van der Waals surface area contributed by atoms with Crippen LogP contribution in [0.4, 0.5) is 0 Å². The Bertz CT molecular complexity index is 173. The van der Waals surface area contributed by atoms with Crippen LogP contribution in [0.2, 0.25) is 0 Å². The maximum absolute atomic E-state index is 10.8. The van der Waals surface area contributed by atoms with Crippen molar-refractivity contribution in [3.05, 3.63) is 0 Å². The van der Waals surface area contributed by atoms with Crippen LogP contribution >= 0.6 is 0 Å². The van der Waals surface area contributed by atoms with Gasteiger partial charge in [-0.25, -0.2) is 4.79 Å². The minimum absolute atomic E-state index is 0.311. The number of aliphatic carboxylic acids is 1. The second-order valence-corrected chi connectivity index (χ2v) is 4.54. The fraction of sp³-hybridized carbons (Fsp3) is 0.900. The highest BCUT2D eigenvalue weighted by molar-refractivity contribution is 5.73. The number of carboxylic acids is 1. The highest BCUT2D eigenvalue weighted by Gasteiger charge is 2.35. The average Bonchev–Trinajstić information content (AvgIpc) is 1.82. The van der Waals surface area contributed by atoms with E-state index in [2.05, 4.69) is 13.8 Å². The van der Waals surface area contributed by atoms with E-state index in [4.69, 9.17) is 9.84 Å². The van der Waals surface area contributed by atoms with E-state index in [0.29, 0.717) is 5.92 Å². The van der Waals surface area contributed by atoms with Crippen molar-refractivity contribution in [2.45, 2.75) is 40.2 Å². The number of methoxy groups -OCH3 is 1. The molecule has 0 bridgehead atoms. The van der Waals surface area contributed by atoms with Crippen LogP contribution in [0, 0.1) is 11.3 Å². The molecule has 0 saturated carbocycles. The largest absolute Gasteiger partial charge is 0.479 e. The molecule has 0 fully saturated rings. The topological polar surface area (TPSA) is 46.5 Å². The summed E-state index contributed by atoms with van der Waals surface area (Å²) in [5, 5.41) is 8.90. The van der Waals surface area contributed by atoms with Gasteiger partial charge in [-0.1, -0.05) is 27.7 Å². The van der Waals surface area contributed by atoms with Crippen molar-refractivity contribution >= 4 is 5.97 Å². The second-order valence-electron chi connectivity index (χ2n) is 4.54. The molecule has 0 aromatic heterocycles. The van der Waals surface area contributed by atoms with E-state index < -0.39 is 12.1 Å². The van der Waals surface area contributed by atoms with Gasteiger partial charge in [-0.3, -0.25) is 0 Å². The smallest absolute Gasteiger partial charge is 0.333 e. The van der Waals surface area contributed by atoms with Gasteiger partial charge in [0.15, 0.2) is 6.10 Å². The third kappa shape index (κ3) is 3.77. The first-order valence-electron chi connectivity index (χ1n) is 4.57. The zero-order valence-corrected chi connectivity index (χ0v) is 9.13. The predicted molar refractivity (Wildman–Crippen MR) is 51.7 cm³/mol. The monoisotopic (exact) mass is 188 g/mol. The molecule has 0 aliphatic rings. The molecular formula is C10H20O3. The van der Waals surface area contributed by atoms with E-state index in [0.717, 1.165) is 6.42 Å². The molecule has 0 amide bonds. The Morgan fingerprint density at radius 3 is 2.15 bits per heavy atom. The normalized spacial score (nSPS) is 14.6. The molecule has 1 N–H and O–H groups in total. The Labute approximate surface area is 80.1 Å². The molecule has 0 saturated heterocycles. The van der Waals surface area contributed by atoms with E-state index in [-0.39, 0.29) is 5.41 Å². The molecule has 13 heavy (non-hydrogen) atoms. The molecule has 78 valence electrons. The van der Waals surface area contributed by atoms with Crippen LogP contribution in [-0.2, 0) is 9.53 Å². The van der Waals surface area contributed by atoms with E-state index in [1.807, 2.05) is 13.8 Å². The van der Waals surface area contributed by atoms with Crippen LogP contribution in [0.25, 0.3) is 0 Å². The Balaban J connectivity index is 4.47. The van der Waals surface area contributed by atoms with E-state index >= 15 is 0 Å². The molecule has 1 unspecified atom stereocenters. The van der Waals surface area contributed by atoms with Gasteiger partial charge in [0.2, 0.25) is 0 Å². The lowest BCUT2D eigenvalue weighted by Crippen LogP contribution is -2.39. The lowest BCUT2D eigenvalue weighted by Gasteiger charge is -2.31. The lowest BCUT2D eigenvalue weighted by atomic mass is 9.79. The Kier molecular flexibility index (Phi) is 4.40. The third-order valence-corrected chi connectivity index (χ3v) is 2.10. The third-order valence-electron chi connectivity index (χ3n) is 2.10. The van der Waals surface area contributed by atoms with Gasteiger partial charge in [0.1, 0.15) is 0 Å². The zero-order chi connectivity index (χ0) is 10.6. The summed E-state index contributed by atoms with van der Waals surface area (Å²) >= 11 is 0. The minimum atomic E-state index is -0.881. The molecule has 0 aromatic rings. The average molecular weight is 188 g/mol. The Hall–Kier alpha value is -0.570. The maximum Gasteiger partial charge on any atom is 0.333 e. The number of carboxylic acid groups (broad SMARTS) is 1.